The molecule has 2 rings (SSSR count). The third-order valence-electron chi connectivity index (χ3n) is 2.58. The lowest BCUT2D eigenvalue weighted by Gasteiger charge is -2.15. The zero-order valence-corrected chi connectivity index (χ0v) is 11.8. The van der Waals surface area contributed by atoms with Crippen LogP contribution < -0.4 is 5.73 Å². The number of sulfone groups is 1. The van der Waals surface area contributed by atoms with Crippen LogP contribution >= 0.6 is 22.9 Å². The van der Waals surface area contributed by atoms with E-state index in [1.807, 2.05) is 0 Å². The Balaban J connectivity index is 2.47. The Kier molecular flexibility index (Phi) is 4.07. The topological polar surface area (TPSA) is 60.2 Å². The lowest BCUT2D eigenvalue weighted by molar-refractivity contribution is 0.584. The fourth-order valence-electron chi connectivity index (χ4n) is 1.71. The van der Waals surface area contributed by atoms with Crippen molar-refractivity contribution < 1.29 is 8.42 Å². The first kappa shape index (κ1) is 13.5. The van der Waals surface area contributed by atoms with Gasteiger partial charge in [0.05, 0.1) is 0 Å². The normalized spacial score (nSPS) is 13.4. The molecule has 0 spiro atoms. The van der Waals surface area contributed by atoms with Gasteiger partial charge < -0.3 is 5.73 Å². The highest BCUT2D eigenvalue weighted by molar-refractivity contribution is 7.93. The number of halogens is 1. The van der Waals surface area contributed by atoms with Crippen molar-refractivity contribution in [2.75, 3.05) is 6.54 Å². The molecule has 0 aliphatic carbocycles. The molecule has 18 heavy (non-hydrogen) atoms. The summed E-state index contributed by atoms with van der Waals surface area (Å²) in [5, 5.41) is 1.49. The minimum atomic E-state index is -3.44. The van der Waals surface area contributed by atoms with Crippen molar-refractivity contribution in [3.05, 3.63) is 52.4 Å². The van der Waals surface area contributed by atoms with Gasteiger partial charge in [-0.05, 0) is 29.1 Å². The van der Waals surface area contributed by atoms with Crippen LogP contribution in [0.25, 0.3) is 0 Å². The van der Waals surface area contributed by atoms with Crippen LogP contribution in [0.1, 0.15) is 10.8 Å². The molecule has 1 aromatic carbocycles. The van der Waals surface area contributed by atoms with Gasteiger partial charge in [-0.15, -0.1) is 11.3 Å². The van der Waals surface area contributed by atoms with Crippen molar-refractivity contribution in [1.82, 2.24) is 0 Å². The fraction of sp³-hybridized carbons (Fsp3) is 0.167. The highest BCUT2D eigenvalue weighted by Crippen LogP contribution is 2.31. The number of nitrogens with two attached hydrogens (primary N) is 1. The molecule has 6 heteroatoms. The third kappa shape index (κ3) is 2.59. The highest BCUT2D eigenvalue weighted by Gasteiger charge is 2.28. The summed E-state index contributed by atoms with van der Waals surface area (Å²) in [5.74, 6) is 0. The van der Waals surface area contributed by atoms with Crippen molar-refractivity contribution in [3.8, 4) is 0 Å². The molecule has 0 radical (unpaired) electrons. The van der Waals surface area contributed by atoms with Gasteiger partial charge in [-0.3, -0.25) is 0 Å². The summed E-state index contributed by atoms with van der Waals surface area (Å²) in [6, 6.07) is 10.1. The zero-order chi connectivity index (χ0) is 13.2. The van der Waals surface area contributed by atoms with Gasteiger partial charge in [0, 0.05) is 11.6 Å². The molecule has 2 N–H and O–H groups in total. The minimum absolute atomic E-state index is 0.0283. The fourth-order valence-corrected chi connectivity index (χ4v) is 4.72. The van der Waals surface area contributed by atoms with E-state index in [1.165, 1.54) is 11.3 Å². The van der Waals surface area contributed by atoms with E-state index in [0.29, 0.717) is 14.8 Å². The molecule has 0 aliphatic rings. The molecule has 0 aliphatic heterocycles. The third-order valence-corrected chi connectivity index (χ3v) is 6.38. The van der Waals surface area contributed by atoms with Gasteiger partial charge >= 0.3 is 0 Å². The maximum Gasteiger partial charge on any atom is 0.195 e. The number of thiophene rings is 1. The van der Waals surface area contributed by atoms with Crippen molar-refractivity contribution in [3.63, 3.8) is 0 Å². The smallest absolute Gasteiger partial charge is 0.195 e. The molecule has 0 fully saturated rings. The molecule has 0 saturated heterocycles. The van der Waals surface area contributed by atoms with Crippen LogP contribution in [0.5, 0.6) is 0 Å². The molecule has 0 amide bonds. The van der Waals surface area contributed by atoms with Crippen LogP contribution in [0.4, 0.5) is 0 Å². The number of hydrogen-bond donors (Lipinski definition) is 1. The highest BCUT2D eigenvalue weighted by atomic mass is 35.5. The van der Waals surface area contributed by atoms with E-state index in [-0.39, 0.29) is 6.54 Å². The van der Waals surface area contributed by atoms with Gasteiger partial charge in [0.25, 0.3) is 0 Å². The summed E-state index contributed by atoms with van der Waals surface area (Å²) < 4.78 is 25.2. The summed E-state index contributed by atoms with van der Waals surface area (Å²) >= 11 is 7.08. The maximum atomic E-state index is 12.4. The predicted molar refractivity (Wildman–Crippen MR) is 74.8 cm³/mol. The van der Waals surface area contributed by atoms with E-state index in [9.17, 15) is 8.42 Å². The first-order valence-corrected chi connectivity index (χ1v) is 8.09. The van der Waals surface area contributed by atoms with Gasteiger partial charge in [0.1, 0.15) is 9.46 Å². The second-order valence-corrected chi connectivity index (χ2v) is 7.50. The molecule has 3 nitrogen and oxygen atoms in total. The SMILES string of the molecule is NCC(c1cccc(Cl)c1)S(=O)(=O)c1cccs1. The van der Waals surface area contributed by atoms with E-state index in [2.05, 4.69) is 0 Å². The molecule has 0 bridgehead atoms. The van der Waals surface area contributed by atoms with Crippen LogP contribution in [0.15, 0.2) is 46.0 Å². The predicted octanol–water partition coefficient (Wildman–Crippen LogP) is 2.88. The van der Waals surface area contributed by atoms with Gasteiger partial charge in [-0.25, -0.2) is 8.42 Å². The van der Waals surface area contributed by atoms with E-state index in [4.69, 9.17) is 17.3 Å². The Morgan fingerprint density at radius 1 is 1.28 bits per heavy atom. The van der Waals surface area contributed by atoms with Crippen LogP contribution in [0.3, 0.4) is 0 Å². The Bertz CT molecular complexity index is 623. The lowest BCUT2D eigenvalue weighted by Crippen LogP contribution is -2.21. The van der Waals surface area contributed by atoms with Gasteiger partial charge in [-0.2, -0.15) is 0 Å². The average Bonchev–Trinajstić information content (AvgIpc) is 2.83. The standard InChI is InChI=1S/C12H12ClNO2S2/c13-10-4-1-3-9(7-10)11(8-14)18(15,16)12-5-2-6-17-12/h1-7,11H,8,14H2. The summed E-state index contributed by atoms with van der Waals surface area (Å²) in [4.78, 5) is 0. The van der Waals surface area contributed by atoms with Crippen molar-refractivity contribution in [1.29, 1.82) is 0 Å². The molecule has 2 aromatic rings. The zero-order valence-electron chi connectivity index (χ0n) is 9.41. The average molecular weight is 302 g/mol. The molecule has 0 saturated carbocycles. The molecule has 1 atom stereocenters. The minimum Gasteiger partial charge on any atom is -0.329 e. The van der Waals surface area contributed by atoms with Crippen LogP contribution in [0.2, 0.25) is 5.02 Å². The number of benzene rings is 1. The maximum absolute atomic E-state index is 12.4. The van der Waals surface area contributed by atoms with Crippen LogP contribution in [-0.2, 0) is 9.84 Å². The van der Waals surface area contributed by atoms with Crippen molar-refractivity contribution >= 4 is 32.8 Å². The lowest BCUT2D eigenvalue weighted by atomic mass is 10.1. The van der Waals surface area contributed by atoms with E-state index in [0.717, 1.165) is 0 Å². The molecule has 1 unspecified atom stereocenters. The molecular formula is C12H12ClNO2S2. The van der Waals surface area contributed by atoms with Crippen LogP contribution in [-0.4, -0.2) is 15.0 Å². The van der Waals surface area contributed by atoms with Crippen molar-refractivity contribution in [2.45, 2.75) is 9.46 Å². The first-order chi connectivity index (χ1) is 8.55. The second kappa shape index (κ2) is 5.40. The molecule has 1 heterocycles. The monoisotopic (exact) mass is 301 g/mol. The first-order valence-electron chi connectivity index (χ1n) is 5.28. The molecule has 96 valence electrons. The van der Waals surface area contributed by atoms with Crippen molar-refractivity contribution in [2.24, 2.45) is 5.73 Å². The summed E-state index contributed by atoms with van der Waals surface area (Å²) in [6.45, 7) is 0.0283. The largest absolute Gasteiger partial charge is 0.329 e. The quantitative estimate of drug-likeness (QED) is 0.944. The summed E-state index contributed by atoms with van der Waals surface area (Å²) in [5.41, 5.74) is 6.25. The Hall–Kier alpha value is -0.880. The van der Waals surface area contributed by atoms with Gasteiger partial charge in [0.15, 0.2) is 9.84 Å². The summed E-state index contributed by atoms with van der Waals surface area (Å²) in [7, 11) is -3.44. The van der Waals surface area contributed by atoms with E-state index < -0.39 is 15.1 Å². The van der Waals surface area contributed by atoms with Gasteiger partial charge in [0.2, 0.25) is 0 Å². The number of rotatable bonds is 4. The Labute approximate surface area is 115 Å². The Morgan fingerprint density at radius 3 is 2.61 bits per heavy atom. The second-order valence-electron chi connectivity index (χ2n) is 3.76. The molecule has 1 aromatic heterocycles. The van der Waals surface area contributed by atoms with E-state index >= 15 is 0 Å². The van der Waals surface area contributed by atoms with Gasteiger partial charge in [-0.1, -0.05) is 29.8 Å². The summed E-state index contributed by atoms with van der Waals surface area (Å²) in [6.07, 6.45) is 0. The Morgan fingerprint density at radius 2 is 2.06 bits per heavy atom. The van der Waals surface area contributed by atoms with Crippen LogP contribution in [0, 0.1) is 0 Å². The molecular weight excluding hydrogens is 290 g/mol. The van der Waals surface area contributed by atoms with E-state index in [1.54, 1.807) is 41.8 Å². The number of hydrogen-bond acceptors (Lipinski definition) is 4.